The van der Waals surface area contributed by atoms with Crippen molar-refractivity contribution in [2.45, 2.75) is 13.3 Å². The molecule has 18 heavy (non-hydrogen) atoms. The number of likely N-dealkylation sites (N-methyl/N-ethyl adjacent to an activating group) is 1. The van der Waals surface area contributed by atoms with Gasteiger partial charge in [-0.1, -0.05) is 6.92 Å². The van der Waals surface area contributed by atoms with E-state index in [0.717, 1.165) is 13.0 Å². The summed E-state index contributed by atoms with van der Waals surface area (Å²) in [6, 6.07) is 2.99. The summed E-state index contributed by atoms with van der Waals surface area (Å²) in [5.74, 6) is -0.0789. The number of carbonyl (C=O) groups excluding carboxylic acids is 1. The van der Waals surface area contributed by atoms with Crippen LogP contribution in [0.5, 0.6) is 0 Å². The SMILES string of the molecule is CCCN(CCN(C)C)C(=O)c1cc[nH]c(=O)c1. The quantitative estimate of drug-likeness (QED) is 0.813. The van der Waals surface area contributed by atoms with Gasteiger partial charge in [0.2, 0.25) is 5.56 Å². The molecule has 1 N–H and O–H groups in total. The maximum atomic E-state index is 12.3. The fourth-order valence-electron chi connectivity index (χ4n) is 1.67. The van der Waals surface area contributed by atoms with E-state index in [2.05, 4.69) is 4.98 Å². The van der Waals surface area contributed by atoms with E-state index in [1.165, 1.54) is 12.3 Å². The standard InChI is InChI=1S/C13H21N3O2/c1-4-7-16(9-8-15(2)3)13(18)11-5-6-14-12(17)10-11/h5-6,10H,4,7-9H2,1-3H3,(H,14,17). The lowest BCUT2D eigenvalue weighted by Gasteiger charge is -2.23. The van der Waals surface area contributed by atoms with Crippen LogP contribution in [0, 0.1) is 0 Å². The molecule has 1 heterocycles. The summed E-state index contributed by atoms with van der Waals surface area (Å²) in [6.45, 7) is 4.23. The molecule has 0 fully saturated rings. The van der Waals surface area contributed by atoms with Crippen molar-refractivity contribution >= 4 is 5.91 Å². The van der Waals surface area contributed by atoms with Crippen molar-refractivity contribution in [1.29, 1.82) is 0 Å². The second kappa shape index (κ2) is 6.96. The first-order valence-electron chi connectivity index (χ1n) is 6.17. The van der Waals surface area contributed by atoms with E-state index >= 15 is 0 Å². The fraction of sp³-hybridized carbons (Fsp3) is 0.538. The summed E-state index contributed by atoms with van der Waals surface area (Å²) in [7, 11) is 3.95. The van der Waals surface area contributed by atoms with E-state index in [0.29, 0.717) is 18.7 Å². The highest BCUT2D eigenvalue weighted by molar-refractivity contribution is 5.94. The minimum Gasteiger partial charge on any atom is -0.337 e. The van der Waals surface area contributed by atoms with Gasteiger partial charge in [-0.05, 0) is 26.6 Å². The number of aromatic amines is 1. The molecule has 0 saturated heterocycles. The normalized spacial score (nSPS) is 10.7. The van der Waals surface area contributed by atoms with Crippen molar-refractivity contribution in [3.8, 4) is 0 Å². The summed E-state index contributed by atoms with van der Waals surface area (Å²) >= 11 is 0. The molecule has 0 aliphatic heterocycles. The van der Waals surface area contributed by atoms with Gasteiger partial charge in [-0.25, -0.2) is 0 Å². The van der Waals surface area contributed by atoms with Gasteiger partial charge in [-0.2, -0.15) is 0 Å². The van der Waals surface area contributed by atoms with Crippen LogP contribution in [0.25, 0.3) is 0 Å². The fourth-order valence-corrected chi connectivity index (χ4v) is 1.67. The molecule has 1 amide bonds. The Morgan fingerprint density at radius 1 is 1.28 bits per heavy atom. The van der Waals surface area contributed by atoms with Crippen LogP contribution in [0.3, 0.4) is 0 Å². The van der Waals surface area contributed by atoms with Crippen LogP contribution in [-0.4, -0.2) is 54.4 Å². The van der Waals surface area contributed by atoms with Crippen molar-refractivity contribution < 1.29 is 4.79 Å². The smallest absolute Gasteiger partial charge is 0.254 e. The molecular formula is C13H21N3O2. The third kappa shape index (κ3) is 4.33. The Labute approximate surface area is 107 Å². The number of amides is 1. The van der Waals surface area contributed by atoms with Crippen LogP contribution in [0.4, 0.5) is 0 Å². The molecule has 0 radical (unpaired) electrons. The second-order valence-corrected chi connectivity index (χ2v) is 4.54. The number of pyridine rings is 1. The van der Waals surface area contributed by atoms with Crippen LogP contribution in [0.15, 0.2) is 23.1 Å². The van der Waals surface area contributed by atoms with Crippen LogP contribution in [0.2, 0.25) is 0 Å². The lowest BCUT2D eigenvalue weighted by atomic mass is 10.2. The summed E-state index contributed by atoms with van der Waals surface area (Å²) < 4.78 is 0. The summed E-state index contributed by atoms with van der Waals surface area (Å²) in [5, 5.41) is 0. The maximum absolute atomic E-state index is 12.3. The topological polar surface area (TPSA) is 56.4 Å². The van der Waals surface area contributed by atoms with E-state index in [9.17, 15) is 9.59 Å². The highest BCUT2D eigenvalue weighted by Crippen LogP contribution is 2.03. The first-order chi connectivity index (χ1) is 8.54. The van der Waals surface area contributed by atoms with Gasteiger partial charge in [0.05, 0.1) is 0 Å². The Balaban J connectivity index is 2.78. The van der Waals surface area contributed by atoms with Gasteiger partial charge >= 0.3 is 0 Å². The van der Waals surface area contributed by atoms with E-state index < -0.39 is 0 Å². The Hall–Kier alpha value is -1.62. The highest BCUT2D eigenvalue weighted by atomic mass is 16.2. The molecule has 0 unspecified atom stereocenters. The zero-order chi connectivity index (χ0) is 13.5. The van der Waals surface area contributed by atoms with Gasteiger partial charge in [0.15, 0.2) is 0 Å². The number of H-pyrrole nitrogens is 1. The third-order valence-corrected chi connectivity index (χ3v) is 2.62. The molecule has 5 heteroatoms. The Kier molecular flexibility index (Phi) is 5.58. The average molecular weight is 251 g/mol. The van der Waals surface area contributed by atoms with E-state index in [4.69, 9.17) is 0 Å². The van der Waals surface area contributed by atoms with Crippen LogP contribution >= 0.6 is 0 Å². The molecule has 0 bridgehead atoms. The largest absolute Gasteiger partial charge is 0.337 e. The predicted molar refractivity (Wildman–Crippen MR) is 71.8 cm³/mol. The van der Waals surface area contributed by atoms with E-state index in [1.807, 2.05) is 25.9 Å². The zero-order valence-electron chi connectivity index (χ0n) is 11.3. The Morgan fingerprint density at radius 3 is 2.56 bits per heavy atom. The van der Waals surface area contributed by atoms with Crippen molar-refractivity contribution in [1.82, 2.24) is 14.8 Å². The lowest BCUT2D eigenvalue weighted by Crippen LogP contribution is -2.37. The first-order valence-corrected chi connectivity index (χ1v) is 6.17. The number of carbonyl (C=O) groups is 1. The van der Waals surface area contributed by atoms with Crippen molar-refractivity contribution in [3.63, 3.8) is 0 Å². The van der Waals surface area contributed by atoms with Crippen LogP contribution in [0.1, 0.15) is 23.7 Å². The highest BCUT2D eigenvalue weighted by Gasteiger charge is 2.15. The monoisotopic (exact) mass is 251 g/mol. The van der Waals surface area contributed by atoms with Gasteiger partial charge in [0.1, 0.15) is 0 Å². The average Bonchev–Trinajstić information content (AvgIpc) is 2.33. The lowest BCUT2D eigenvalue weighted by molar-refractivity contribution is 0.0744. The molecule has 100 valence electrons. The summed E-state index contributed by atoms with van der Waals surface area (Å²) in [6.07, 6.45) is 2.41. The molecule has 0 aliphatic rings. The molecule has 0 saturated carbocycles. The van der Waals surface area contributed by atoms with Crippen molar-refractivity contribution in [3.05, 3.63) is 34.2 Å². The van der Waals surface area contributed by atoms with Crippen molar-refractivity contribution in [2.24, 2.45) is 0 Å². The minimum atomic E-state index is -0.245. The Bertz CT molecular complexity index is 440. The molecular weight excluding hydrogens is 230 g/mol. The summed E-state index contributed by atoms with van der Waals surface area (Å²) in [4.78, 5) is 29.8. The first kappa shape index (κ1) is 14.4. The van der Waals surface area contributed by atoms with E-state index in [-0.39, 0.29) is 11.5 Å². The number of aromatic nitrogens is 1. The number of hydrogen-bond donors (Lipinski definition) is 1. The third-order valence-electron chi connectivity index (χ3n) is 2.62. The van der Waals surface area contributed by atoms with Gasteiger partial charge < -0.3 is 14.8 Å². The van der Waals surface area contributed by atoms with Crippen LogP contribution in [-0.2, 0) is 0 Å². The minimum absolute atomic E-state index is 0.0789. The molecule has 1 aromatic heterocycles. The molecule has 1 rings (SSSR count). The zero-order valence-corrected chi connectivity index (χ0v) is 11.3. The van der Waals surface area contributed by atoms with Gasteiger partial charge in [-0.15, -0.1) is 0 Å². The number of rotatable bonds is 6. The molecule has 0 aromatic carbocycles. The second-order valence-electron chi connectivity index (χ2n) is 4.54. The molecule has 1 aromatic rings. The molecule has 0 atom stereocenters. The molecule has 5 nitrogen and oxygen atoms in total. The maximum Gasteiger partial charge on any atom is 0.254 e. The predicted octanol–water partition coefficient (Wildman–Crippen LogP) is 0.789. The summed E-state index contributed by atoms with van der Waals surface area (Å²) in [5.41, 5.74) is 0.205. The Morgan fingerprint density at radius 2 is 2.00 bits per heavy atom. The molecule has 0 spiro atoms. The van der Waals surface area contributed by atoms with Gasteiger partial charge in [-0.3, -0.25) is 9.59 Å². The van der Waals surface area contributed by atoms with E-state index in [1.54, 1.807) is 11.0 Å². The van der Waals surface area contributed by atoms with Gasteiger partial charge in [0, 0.05) is 37.5 Å². The van der Waals surface area contributed by atoms with Crippen molar-refractivity contribution in [2.75, 3.05) is 33.7 Å². The van der Waals surface area contributed by atoms with Gasteiger partial charge in [0.25, 0.3) is 5.91 Å². The van der Waals surface area contributed by atoms with Crippen LogP contribution < -0.4 is 5.56 Å². The number of nitrogens with zero attached hydrogens (tertiary/aromatic N) is 2. The number of hydrogen-bond acceptors (Lipinski definition) is 3. The molecule has 0 aliphatic carbocycles. The number of nitrogens with one attached hydrogen (secondary N) is 1.